The van der Waals surface area contributed by atoms with E-state index >= 15 is 0 Å². The van der Waals surface area contributed by atoms with Crippen LogP contribution in [0.5, 0.6) is 0 Å². The van der Waals surface area contributed by atoms with Crippen LogP contribution in [0.15, 0.2) is 60.9 Å². The molecule has 4 rings (SSSR count). The number of amides is 1. The fourth-order valence-corrected chi connectivity index (χ4v) is 3.51. The Labute approximate surface area is 157 Å². The largest absolute Gasteiger partial charge is 0.391 e. The van der Waals surface area contributed by atoms with Crippen molar-refractivity contribution in [2.24, 2.45) is 5.92 Å². The molecular formula is C21H22N4O2. The van der Waals surface area contributed by atoms with Crippen molar-refractivity contribution in [2.75, 3.05) is 25.0 Å². The molecule has 1 aliphatic rings. The third-order valence-electron chi connectivity index (χ3n) is 4.99. The molecule has 1 saturated heterocycles. The van der Waals surface area contributed by atoms with Gasteiger partial charge in [0.1, 0.15) is 0 Å². The maximum Gasteiger partial charge on any atom is 0.241 e. The second-order valence-electron chi connectivity index (χ2n) is 6.92. The number of fused-ring (bicyclic) bond motifs is 1. The smallest absolute Gasteiger partial charge is 0.241 e. The number of hydrogen-bond donors (Lipinski definition) is 2. The van der Waals surface area contributed by atoms with Gasteiger partial charge in [0, 0.05) is 42.5 Å². The molecule has 1 amide bonds. The first-order chi connectivity index (χ1) is 13.2. The fraction of sp³-hybridized carbons (Fsp3) is 0.286. The summed E-state index contributed by atoms with van der Waals surface area (Å²) in [5.41, 5.74) is 2.71. The number of aliphatic hydroxyl groups excluding tert-OH is 1. The summed E-state index contributed by atoms with van der Waals surface area (Å²) in [5.74, 6) is -0.0205. The topological polar surface area (TPSA) is 78.4 Å². The van der Waals surface area contributed by atoms with Crippen molar-refractivity contribution < 1.29 is 9.90 Å². The van der Waals surface area contributed by atoms with Crippen molar-refractivity contribution in [3.05, 3.63) is 66.6 Å². The van der Waals surface area contributed by atoms with Crippen LogP contribution in [0.1, 0.15) is 5.69 Å². The molecule has 1 aliphatic heterocycles. The summed E-state index contributed by atoms with van der Waals surface area (Å²) >= 11 is 0. The molecule has 2 aromatic heterocycles. The number of para-hydroxylation sites is 1. The van der Waals surface area contributed by atoms with Gasteiger partial charge in [0.05, 0.1) is 23.9 Å². The molecular weight excluding hydrogens is 340 g/mol. The molecule has 0 unspecified atom stereocenters. The van der Waals surface area contributed by atoms with Crippen LogP contribution in [-0.2, 0) is 11.2 Å². The number of carbonyl (C=O) groups is 1. The van der Waals surface area contributed by atoms with E-state index in [1.807, 2.05) is 42.5 Å². The van der Waals surface area contributed by atoms with Gasteiger partial charge < -0.3 is 15.3 Å². The zero-order valence-corrected chi connectivity index (χ0v) is 15.0. The van der Waals surface area contributed by atoms with E-state index < -0.39 is 6.10 Å². The molecule has 0 aliphatic carbocycles. The first-order valence-corrected chi connectivity index (χ1v) is 9.13. The zero-order valence-electron chi connectivity index (χ0n) is 15.0. The summed E-state index contributed by atoms with van der Waals surface area (Å²) < 4.78 is 0. The summed E-state index contributed by atoms with van der Waals surface area (Å²) in [6.07, 6.45) is 3.50. The van der Waals surface area contributed by atoms with Gasteiger partial charge in [0.25, 0.3) is 0 Å². The monoisotopic (exact) mass is 362 g/mol. The maximum atomic E-state index is 12.5. The number of hydrogen-bond acceptors (Lipinski definition) is 5. The number of likely N-dealkylation sites (tertiary alicyclic amines) is 1. The SMILES string of the molecule is O=C(CNc1cccnc1)N1C[C@@H](Cc2ccc3ccccc3n2)[C@H](O)C1. The van der Waals surface area contributed by atoms with E-state index in [-0.39, 0.29) is 18.4 Å². The van der Waals surface area contributed by atoms with E-state index in [4.69, 9.17) is 0 Å². The predicted octanol–water partition coefficient (Wildman–Crippen LogP) is 2.10. The minimum absolute atomic E-state index is 0.000930. The number of nitrogens with one attached hydrogen (secondary N) is 1. The van der Waals surface area contributed by atoms with Crippen LogP contribution in [0.3, 0.4) is 0 Å². The number of aliphatic hydroxyl groups is 1. The van der Waals surface area contributed by atoms with Gasteiger partial charge in [-0.1, -0.05) is 24.3 Å². The molecule has 2 N–H and O–H groups in total. The molecule has 0 spiro atoms. The average Bonchev–Trinajstić information content (AvgIpc) is 3.07. The summed E-state index contributed by atoms with van der Waals surface area (Å²) in [6.45, 7) is 1.11. The van der Waals surface area contributed by atoms with Crippen LogP contribution in [-0.4, -0.2) is 51.6 Å². The number of pyridine rings is 2. The molecule has 1 aromatic carbocycles. The van der Waals surface area contributed by atoms with Gasteiger partial charge in [-0.2, -0.15) is 0 Å². The van der Waals surface area contributed by atoms with E-state index in [9.17, 15) is 9.90 Å². The second-order valence-corrected chi connectivity index (χ2v) is 6.92. The first-order valence-electron chi connectivity index (χ1n) is 9.13. The maximum absolute atomic E-state index is 12.5. The van der Waals surface area contributed by atoms with Crippen molar-refractivity contribution >= 4 is 22.5 Å². The van der Waals surface area contributed by atoms with Crippen LogP contribution < -0.4 is 5.32 Å². The lowest BCUT2D eigenvalue weighted by molar-refractivity contribution is -0.128. The third-order valence-corrected chi connectivity index (χ3v) is 4.99. The van der Waals surface area contributed by atoms with Gasteiger partial charge >= 0.3 is 0 Å². The molecule has 0 radical (unpaired) electrons. The summed E-state index contributed by atoms with van der Waals surface area (Å²) in [7, 11) is 0. The Morgan fingerprint density at radius 2 is 2.04 bits per heavy atom. The van der Waals surface area contributed by atoms with Crippen molar-refractivity contribution in [3.63, 3.8) is 0 Å². The number of benzene rings is 1. The summed E-state index contributed by atoms with van der Waals surface area (Å²) in [5, 5.41) is 14.6. The molecule has 3 heterocycles. The van der Waals surface area contributed by atoms with Crippen LogP contribution in [0.2, 0.25) is 0 Å². The normalized spacial score (nSPS) is 19.4. The zero-order chi connectivity index (χ0) is 18.6. The Bertz CT molecular complexity index is 932. The van der Waals surface area contributed by atoms with E-state index in [0.29, 0.717) is 19.5 Å². The quantitative estimate of drug-likeness (QED) is 0.727. The lowest BCUT2D eigenvalue weighted by Gasteiger charge is -2.17. The van der Waals surface area contributed by atoms with E-state index in [2.05, 4.69) is 21.4 Å². The number of rotatable bonds is 5. The molecule has 0 saturated carbocycles. The predicted molar refractivity (Wildman–Crippen MR) is 104 cm³/mol. The number of aromatic nitrogens is 2. The number of anilines is 1. The minimum atomic E-state index is -0.527. The third kappa shape index (κ3) is 4.06. The minimum Gasteiger partial charge on any atom is -0.391 e. The standard InChI is InChI=1S/C21H22N4O2/c26-20-14-25(21(27)12-23-18-5-3-9-22-11-18)13-16(20)10-17-8-7-15-4-1-2-6-19(15)24-17/h1-9,11,16,20,23,26H,10,12-14H2/t16-,20-/m1/s1. The second kappa shape index (κ2) is 7.72. The molecule has 6 nitrogen and oxygen atoms in total. The molecule has 0 bridgehead atoms. The molecule has 27 heavy (non-hydrogen) atoms. The molecule has 6 heteroatoms. The van der Waals surface area contributed by atoms with E-state index in [1.165, 1.54) is 0 Å². The van der Waals surface area contributed by atoms with Crippen molar-refractivity contribution in [1.82, 2.24) is 14.9 Å². The lowest BCUT2D eigenvalue weighted by Crippen LogP contribution is -2.34. The Kier molecular flexibility index (Phi) is 4.98. The Balaban J connectivity index is 1.36. The molecule has 2 atom stereocenters. The lowest BCUT2D eigenvalue weighted by atomic mass is 9.99. The number of carbonyl (C=O) groups excluding carboxylic acids is 1. The molecule has 138 valence electrons. The van der Waals surface area contributed by atoms with Crippen LogP contribution >= 0.6 is 0 Å². The number of β-amino-alcohol motifs (C(OH)–C–C–N with tert-alkyl or cyclic N) is 1. The highest BCUT2D eigenvalue weighted by molar-refractivity contribution is 5.81. The van der Waals surface area contributed by atoms with Crippen molar-refractivity contribution in [3.8, 4) is 0 Å². The first kappa shape index (κ1) is 17.4. The van der Waals surface area contributed by atoms with E-state index in [0.717, 1.165) is 22.3 Å². The summed E-state index contributed by atoms with van der Waals surface area (Å²) in [6, 6.07) is 15.7. The highest BCUT2D eigenvalue weighted by Crippen LogP contribution is 2.22. The Morgan fingerprint density at radius 1 is 1.15 bits per heavy atom. The van der Waals surface area contributed by atoms with Gasteiger partial charge in [-0.3, -0.25) is 14.8 Å². The average molecular weight is 362 g/mol. The summed E-state index contributed by atoms with van der Waals surface area (Å²) in [4.78, 5) is 22.9. The van der Waals surface area contributed by atoms with Crippen LogP contribution in [0.4, 0.5) is 5.69 Å². The van der Waals surface area contributed by atoms with Gasteiger partial charge in [-0.15, -0.1) is 0 Å². The highest BCUT2D eigenvalue weighted by atomic mass is 16.3. The molecule has 1 fully saturated rings. The van der Waals surface area contributed by atoms with Crippen LogP contribution in [0, 0.1) is 5.92 Å². The van der Waals surface area contributed by atoms with Gasteiger partial charge in [-0.05, 0) is 30.7 Å². The van der Waals surface area contributed by atoms with Crippen molar-refractivity contribution in [2.45, 2.75) is 12.5 Å². The number of nitrogens with zero attached hydrogens (tertiary/aromatic N) is 3. The van der Waals surface area contributed by atoms with Crippen molar-refractivity contribution in [1.29, 1.82) is 0 Å². The van der Waals surface area contributed by atoms with Gasteiger partial charge in [0.15, 0.2) is 0 Å². The highest BCUT2D eigenvalue weighted by Gasteiger charge is 2.34. The van der Waals surface area contributed by atoms with Gasteiger partial charge in [-0.25, -0.2) is 0 Å². The van der Waals surface area contributed by atoms with Gasteiger partial charge in [0.2, 0.25) is 5.91 Å². The Hall–Kier alpha value is -2.99. The molecule has 3 aromatic rings. The van der Waals surface area contributed by atoms with Crippen LogP contribution in [0.25, 0.3) is 10.9 Å². The fourth-order valence-electron chi connectivity index (χ4n) is 3.51. The van der Waals surface area contributed by atoms with E-state index in [1.54, 1.807) is 17.3 Å². The Morgan fingerprint density at radius 3 is 2.89 bits per heavy atom.